The van der Waals surface area contributed by atoms with Crippen LogP contribution in [-0.4, -0.2) is 15.7 Å². The van der Waals surface area contributed by atoms with Crippen molar-refractivity contribution in [1.29, 1.82) is 0 Å². The Hall–Kier alpha value is -1.75. The highest BCUT2D eigenvalue weighted by Gasteiger charge is 2.58. The Labute approximate surface area is 96.7 Å². The van der Waals surface area contributed by atoms with Crippen LogP contribution in [0.4, 0.5) is 8.78 Å². The van der Waals surface area contributed by atoms with E-state index in [1.807, 2.05) is 6.92 Å². The number of aromatic nitrogens is 2. The third kappa shape index (κ3) is 1.39. The van der Waals surface area contributed by atoms with Gasteiger partial charge in [0.15, 0.2) is 0 Å². The summed E-state index contributed by atoms with van der Waals surface area (Å²) in [6.45, 7) is 1.84. The summed E-state index contributed by atoms with van der Waals surface area (Å²) in [7, 11) is 0. The molecule has 0 saturated carbocycles. The van der Waals surface area contributed by atoms with Gasteiger partial charge in [0.25, 0.3) is 0 Å². The second-order valence-corrected chi connectivity index (χ2v) is 4.05. The Bertz CT molecular complexity index is 556. The van der Waals surface area contributed by atoms with Crippen molar-refractivity contribution in [3.8, 4) is 0 Å². The molecule has 3 nitrogen and oxygen atoms in total. The molecule has 3 rings (SSSR count). The van der Waals surface area contributed by atoms with Crippen LogP contribution < -0.4 is 0 Å². The summed E-state index contributed by atoms with van der Waals surface area (Å²) in [5.74, 6) is -1.21. The first-order chi connectivity index (χ1) is 8.14. The highest BCUT2D eigenvalue weighted by Crippen LogP contribution is 2.47. The van der Waals surface area contributed by atoms with Gasteiger partial charge in [-0.15, -0.1) is 0 Å². The standard InChI is InChI=1S/C12H10F2N2O/c1-8-12(17-8,16-5-4-15-7-16)10-3-2-9(13)6-11(10)14/h2-8H,1H3. The van der Waals surface area contributed by atoms with Crippen LogP contribution in [0.5, 0.6) is 0 Å². The van der Waals surface area contributed by atoms with E-state index in [4.69, 9.17) is 4.74 Å². The minimum Gasteiger partial charge on any atom is -0.340 e. The lowest BCUT2D eigenvalue weighted by Crippen LogP contribution is -2.23. The number of benzene rings is 1. The maximum Gasteiger partial charge on any atom is 0.201 e. The van der Waals surface area contributed by atoms with Gasteiger partial charge in [0.2, 0.25) is 5.72 Å². The fourth-order valence-corrected chi connectivity index (χ4v) is 2.16. The van der Waals surface area contributed by atoms with E-state index < -0.39 is 17.4 Å². The topological polar surface area (TPSA) is 30.4 Å². The molecule has 5 heteroatoms. The molecular formula is C12H10F2N2O. The molecule has 1 aliphatic rings. The molecule has 88 valence electrons. The van der Waals surface area contributed by atoms with E-state index in [1.165, 1.54) is 12.1 Å². The highest BCUT2D eigenvalue weighted by molar-refractivity contribution is 5.31. The van der Waals surface area contributed by atoms with Crippen LogP contribution in [0.25, 0.3) is 0 Å². The predicted molar refractivity (Wildman–Crippen MR) is 56.2 cm³/mol. The van der Waals surface area contributed by atoms with Crippen LogP contribution >= 0.6 is 0 Å². The van der Waals surface area contributed by atoms with Crippen molar-refractivity contribution >= 4 is 0 Å². The lowest BCUT2D eigenvalue weighted by Gasteiger charge is -2.15. The van der Waals surface area contributed by atoms with Crippen molar-refractivity contribution < 1.29 is 13.5 Å². The summed E-state index contributed by atoms with van der Waals surface area (Å²) in [6.07, 6.45) is 4.69. The molecule has 0 aliphatic carbocycles. The number of hydrogen-bond acceptors (Lipinski definition) is 2. The van der Waals surface area contributed by atoms with Gasteiger partial charge in [0.1, 0.15) is 17.7 Å². The van der Waals surface area contributed by atoms with Crippen molar-refractivity contribution in [2.75, 3.05) is 0 Å². The van der Waals surface area contributed by atoms with Gasteiger partial charge in [-0.3, -0.25) is 0 Å². The second-order valence-electron chi connectivity index (χ2n) is 4.05. The lowest BCUT2D eigenvalue weighted by molar-refractivity contribution is 0.257. The van der Waals surface area contributed by atoms with Gasteiger partial charge >= 0.3 is 0 Å². The smallest absolute Gasteiger partial charge is 0.201 e. The normalized spacial score (nSPS) is 27.1. The number of halogens is 2. The Morgan fingerprint density at radius 1 is 1.41 bits per heavy atom. The van der Waals surface area contributed by atoms with Crippen LogP contribution in [0.3, 0.4) is 0 Å². The summed E-state index contributed by atoms with van der Waals surface area (Å²) in [6, 6.07) is 3.50. The fourth-order valence-electron chi connectivity index (χ4n) is 2.16. The maximum absolute atomic E-state index is 13.8. The minimum atomic E-state index is -0.881. The van der Waals surface area contributed by atoms with Gasteiger partial charge in [-0.1, -0.05) is 0 Å². The third-order valence-electron chi connectivity index (χ3n) is 3.06. The molecule has 2 heterocycles. The third-order valence-corrected chi connectivity index (χ3v) is 3.06. The van der Waals surface area contributed by atoms with Gasteiger partial charge in [-0.2, -0.15) is 0 Å². The van der Waals surface area contributed by atoms with Crippen molar-refractivity contribution in [2.45, 2.75) is 18.8 Å². The van der Waals surface area contributed by atoms with E-state index in [1.54, 1.807) is 23.3 Å². The molecule has 1 aliphatic heterocycles. The number of imidazole rings is 1. The summed E-state index contributed by atoms with van der Waals surface area (Å²) < 4.78 is 33.9. The molecule has 0 N–H and O–H groups in total. The Morgan fingerprint density at radius 2 is 2.18 bits per heavy atom. The van der Waals surface area contributed by atoms with Crippen molar-refractivity contribution in [3.63, 3.8) is 0 Å². The number of rotatable bonds is 2. The van der Waals surface area contributed by atoms with E-state index in [0.29, 0.717) is 5.56 Å². The second kappa shape index (κ2) is 3.37. The van der Waals surface area contributed by atoms with Gasteiger partial charge in [-0.25, -0.2) is 13.8 Å². The first-order valence-electron chi connectivity index (χ1n) is 5.26. The van der Waals surface area contributed by atoms with Crippen LogP contribution in [0.2, 0.25) is 0 Å². The molecule has 17 heavy (non-hydrogen) atoms. The first kappa shape index (κ1) is 10.4. The number of hydrogen-bond donors (Lipinski definition) is 0. The Morgan fingerprint density at radius 3 is 2.71 bits per heavy atom. The number of ether oxygens (including phenoxy) is 1. The number of nitrogens with zero attached hydrogens (tertiary/aromatic N) is 2. The van der Waals surface area contributed by atoms with E-state index >= 15 is 0 Å². The van der Waals surface area contributed by atoms with Crippen LogP contribution in [0.1, 0.15) is 12.5 Å². The van der Waals surface area contributed by atoms with E-state index in [9.17, 15) is 8.78 Å². The van der Waals surface area contributed by atoms with Crippen molar-refractivity contribution in [3.05, 3.63) is 54.1 Å². The van der Waals surface area contributed by atoms with Gasteiger partial charge < -0.3 is 9.30 Å². The van der Waals surface area contributed by atoms with Crippen LogP contribution in [0.15, 0.2) is 36.9 Å². The monoisotopic (exact) mass is 236 g/mol. The highest BCUT2D eigenvalue weighted by atomic mass is 19.1. The Kier molecular flexibility index (Phi) is 2.06. The average Bonchev–Trinajstić information content (AvgIpc) is 2.77. The van der Waals surface area contributed by atoms with E-state index in [2.05, 4.69) is 4.98 Å². The molecule has 2 aromatic rings. The molecule has 2 atom stereocenters. The zero-order valence-corrected chi connectivity index (χ0v) is 9.10. The molecular weight excluding hydrogens is 226 g/mol. The van der Waals surface area contributed by atoms with Crippen LogP contribution in [0, 0.1) is 11.6 Å². The van der Waals surface area contributed by atoms with Gasteiger partial charge in [0.05, 0.1) is 6.33 Å². The molecule has 0 spiro atoms. The zero-order chi connectivity index (χ0) is 12.0. The molecule has 1 fully saturated rings. The predicted octanol–water partition coefficient (Wildman–Crippen LogP) is 2.28. The molecule has 0 amide bonds. The minimum absolute atomic E-state index is 0.170. The SMILES string of the molecule is CC1OC1(c1ccc(F)cc1F)n1ccnc1. The zero-order valence-electron chi connectivity index (χ0n) is 9.10. The summed E-state index contributed by atoms with van der Waals surface area (Å²) in [5.41, 5.74) is -0.557. The fraction of sp³-hybridized carbons (Fsp3) is 0.250. The molecule has 1 saturated heterocycles. The van der Waals surface area contributed by atoms with Crippen molar-refractivity contribution in [2.24, 2.45) is 0 Å². The van der Waals surface area contributed by atoms with E-state index in [0.717, 1.165) is 6.07 Å². The largest absolute Gasteiger partial charge is 0.340 e. The average molecular weight is 236 g/mol. The number of epoxide rings is 1. The summed E-state index contributed by atoms with van der Waals surface area (Å²) in [5, 5.41) is 0. The van der Waals surface area contributed by atoms with Gasteiger partial charge in [0, 0.05) is 24.0 Å². The Balaban J connectivity index is 2.14. The molecule has 1 aromatic heterocycles. The molecule has 0 radical (unpaired) electrons. The first-order valence-corrected chi connectivity index (χ1v) is 5.26. The molecule has 2 unspecified atom stereocenters. The lowest BCUT2D eigenvalue weighted by atomic mass is 10.0. The quantitative estimate of drug-likeness (QED) is 0.749. The van der Waals surface area contributed by atoms with E-state index in [-0.39, 0.29) is 6.10 Å². The van der Waals surface area contributed by atoms with Gasteiger partial charge in [-0.05, 0) is 19.1 Å². The maximum atomic E-state index is 13.8. The molecule has 1 aromatic carbocycles. The summed E-state index contributed by atoms with van der Waals surface area (Å²) in [4.78, 5) is 3.92. The van der Waals surface area contributed by atoms with Crippen molar-refractivity contribution in [1.82, 2.24) is 9.55 Å². The molecule has 0 bridgehead atoms. The van der Waals surface area contributed by atoms with Crippen LogP contribution in [-0.2, 0) is 10.5 Å². The summed E-state index contributed by atoms with van der Waals surface area (Å²) >= 11 is 0.